The van der Waals surface area contributed by atoms with Crippen molar-refractivity contribution in [3.63, 3.8) is 0 Å². The van der Waals surface area contributed by atoms with Crippen LogP contribution in [0.4, 0.5) is 0 Å². The van der Waals surface area contributed by atoms with E-state index in [1.165, 1.54) is 4.68 Å². The van der Waals surface area contributed by atoms with Crippen molar-refractivity contribution < 1.29 is 9.84 Å². The number of hydrogen-bond acceptors (Lipinski definition) is 6. The third-order valence-corrected chi connectivity index (χ3v) is 4.54. The minimum atomic E-state index is -0.540. The van der Waals surface area contributed by atoms with Gasteiger partial charge >= 0.3 is 5.69 Å². The summed E-state index contributed by atoms with van der Waals surface area (Å²) in [5.74, 6) is 0.755. The SMILES string of the molecule is Cn1nc2n(c1=O)CCN(CC(O)COCc1cccs1)C2. The number of β-amino-alcohol motifs (C(OH)–C–C–N with tert-alkyl or cyclic N) is 1. The number of aliphatic hydroxyl groups excluding tert-OH is 1. The summed E-state index contributed by atoms with van der Waals surface area (Å²) >= 11 is 1.65. The zero-order valence-corrected chi connectivity index (χ0v) is 13.3. The maximum Gasteiger partial charge on any atom is 0.345 e. The van der Waals surface area contributed by atoms with Crippen molar-refractivity contribution in [2.75, 3.05) is 19.7 Å². The minimum Gasteiger partial charge on any atom is -0.389 e. The summed E-state index contributed by atoms with van der Waals surface area (Å²) in [6.07, 6.45) is -0.540. The van der Waals surface area contributed by atoms with Gasteiger partial charge < -0.3 is 9.84 Å². The van der Waals surface area contributed by atoms with Gasteiger partial charge in [-0.1, -0.05) is 6.07 Å². The van der Waals surface area contributed by atoms with Gasteiger partial charge in [0.25, 0.3) is 0 Å². The molecule has 1 N–H and O–H groups in total. The standard InChI is InChI=1S/C14H20N4O3S/c1-16-14(20)18-5-4-17(8-13(18)15-16)7-11(19)9-21-10-12-3-2-6-22-12/h2-3,6,11,19H,4-5,7-10H2,1H3. The first-order chi connectivity index (χ1) is 10.6. The predicted octanol–water partition coefficient (Wildman–Crippen LogP) is 0.0366. The van der Waals surface area contributed by atoms with Crippen LogP contribution in [-0.2, 0) is 31.5 Å². The van der Waals surface area contributed by atoms with E-state index in [9.17, 15) is 9.90 Å². The smallest absolute Gasteiger partial charge is 0.345 e. The molecule has 0 amide bonds. The van der Waals surface area contributed by atoms with Crippen LogP contribution < -0.4 is 5.69 Å². The number of aromatic nitrogens is 3. The Morgan fingerprint density at radius 3 is 3.14 bits per heavy atom. The highest BCUT2D eigenvalue weighted by Crippen LogP contribution is 2.11. The second-order valence-corrected chi connectivity index (χ2v) is 6.49. The first-order valence-electron chi connectivity index (χ1n) is 7.26. The van der Waals surface area contributed by atoms with E-state index in [0.717, 1.165) is 17.2 Å². The highest BCUT2D eigenvalue weighted by molar-refractivity contribution is 7.09. The highest BCUT2D eigenvalue weighted by Gasteiger charge is 2.22. The molecule has 1 unspecified atom stereocenters. The van der Waals surface area contributed by atoms with Gasteiger partial charge in [-0.25, -0.2) is 9.48 Å². The Bertz CT molecular complexity index is 664. The fourth-order valence-corrected chi connectivity index (χ4v) is 3.25. The van der Waals surface area contributed by atoms with E-state index >= 15 is 0 Å². The van der Waals surface area contributed by atoms with E-state index in [0.29, 0.717) is 32.8 Å². The van der Waals surface area contributed by atoms with Crippen LogP contribution in [0.3, 0.4) is 0 Å². The molecule has 7 nitrogen and oxygen atoms in total. The Kier molecular flexibility index (Phi) is 4.72. The third-order valence-electron chi connectivity index (χ3n) is 3.69. The van der Waals surface area contributed by atoms with Gasteiger partial charge in [0.05, 0.1) is 25.9 Å². The molecule has 0 aliphatic carbocycles. The first-order valence-corrected chi connectivity index (χ1v) is 8.14. The van der Waals surface area contributed by atoms with Crippen LogP contribution >= 0.6 is 11.3 Å². The molecule has 0 spiro atoms. The second kappa shape index (κ2) is 6.74. The molecular weight excluding hydrogens is 304 g/mol. The van der Waals surface area contributed by atoms with Gasteiger partial charge in [-0.2, -0.15) is 5.10 Å². The van der Waals surface area contributed by atoms with Gasteiger partial charge in [0.15, 0.2) is 0 Å². The van der Waals surface area contributed by atoms with E-state index in [-0.39, 0.29) is 5.69 Å². The largest absolute Gasteiger partial charge is 0.389 e. The maximum absolute atomic E-state index is 11.8. The first kappa shape index (κ1) is 15.4. The summed E-state index contributed by atoms with van der Waals surface area (Å²) < 4.78 is 8.58. The van der Waals surface area contributed by atoms with Crippen LogP contribution in [0.25, 0.3) is 0 Å². The average molecular weight is 324 g/mol. The third kappa shape index (κ3) is 3.46. The number of aliphatic hydroxyl groups is 1. The Balaban J connectivity index is 1.46. The Morgan fingerprint density at radius 2 is 2.36 bits per heavy atom. The van der Waals surface area contributed by atoms with Gasteiger partial charge in [-0.15, -0.1) is 11.3 Å². The fourth-order valence-electron chi connectivity index (χ4n) is 2.61. The summed E-state index contributed by atoms with van der Waals surface area (Å²) in [6, 6.07) is 4.00. The molecule has 0 bridgehead atoms. The van der Waals surface area contributed by atoms with E-state index in [4.69, 9.17) is 4.74 Å². The van der Waals surface area contributed by atoms with Gasteiger partial charge in [0.1, 0.15) is 5.82 Å². The van der Waals surface area contributed by atoms with Crippen molar-refractivity contribution >= 4 is 11.3 Å². The number of ether oxygens (including phenoxy) is 1. The van der Waals surface area contributed by atoms with Crippen molar-refractivity contribution in [3.8, 4) is 0 Å². The molecule has 0 saturated carbocycles. The molecule has 3 rings (SSSR count). The fraction of sp³-hybridized carbons (Fsp3) is 0.571. The molecule has 2 aromatic rings. The Labute approximate surface area is 132 Å². The van der Waals surface area contributed by atoms with Gasteiger partial charge in [-0.05, 0) is 11.4 Å². The van der Waals surface area contributed by atoms with Crippen molar-refractivity contribution in [1.82, 2.24) is 19.2 Å². The van der Waals surface area contributed by atoms with Gasteiger partial charge in [0, 0.05) is 31.6 Å². The second-order valence-electron chi connectivity index (χ2n) is 5.46. The Hall–Kier alpha value is -1.48. The lowest BCUT2D eigenvalue weighted by atomic mass is 10.3. The molecule has 1 aliphatic heterocycles. The minimum absolute atomic E-state index is 0.0746. The molecule has 1 aliphatic rings. The number of rotatable bonds is 6. The van der Waals surface area contributed by atoms with Gasteiger partial charge in [-0.3, -0.25) is 9.47 Å². The molecular formula is C14H20N4O3S. The number of nitrogens with zero attached hydrogens (tertiary/aromatic N) is 4. The van der Waals surface area contributed by atoms with Crippen LogP contribution in [0.5, 0.6) is 0 Å². The van der Waals surface area contributed by atoms with Crippen molar-refractivity contribution in [2.45, 2.75) is 25.8 Å². The van der Waals surface area contributed by atoms with Crippen LogP contribution in [0.15, 0.2) is 22.3 Å². The van der Waals surface area contributed by atoms with Crippen LogP contribution in [0.1, 0.15) is 10.7 Å². The number of fused-ring (bicyclic) bond motifs is 1. The molecule has 0 fully saturated rings. The molecule has 22 heavy (non-hydrogen) atoms. The topological polar surface area (TPSA) is 72.5 Å². The molecule has 120 valence electrons. The summed E-state index contributed by atoms with van der Waals surface area (Å²) in [4.78, 5) is 15.0. The monoisotopic (exact) mass is 324 g/mol. The van der Waals surface area contributed by atoms with Crippen molar-refractivity contribution in [1.29, 1.82) is 0 Å². The van der Waals surface area contributed by atoms with Crippen LogP contribution in [0, 0.1) is 0 Å². The highest BCUT2D eigenvalue weighted by atomic mass is 32.1. The zero-order valence-electron chi connectivity index (χ0n) is 12.5. The van der Waals surface area contributed by atoms with Crippen LogP contribution in [-0.4, -0.2) is 50.2 Å². The van der Waals surface area contributed by atoms with Gasteiger partial charge in [0.2, 0.25) is 0 Å². The average Bonchev–Trinajstić information content (AvgIpc) is 3.08. The molecule has 0 saturated heterocycles. The van der Waals surface area contributed by atoms with Crippen molar-refractivity contribution in [2.24, 2.45) is 7.05 Å². The lowest BCUT2D eigenvalue weighted by Gasteiger charge is -2.28. The molecule has 8 heteroatoms. The molecule has 2 aromatic heterocycles. The lowest BCUT2D eigenvalue weighted by Crippen LogP contribution is -2.42. The van der Waals surface area contributed by atoms with E-state index in [1.807, 2.05) is 17.5 Å². The molecule has 3 heterocycles. The molecule has 0 aromatic carbocycles. The van der Waals surface area contributed by atoms with E-state index in [1.54, 1.807) is 23.0 Å². The summed E-state index contributed by atoms with van der Waals surface area (Å²) in [5.41, 5.74) is -0.0746. The lowest BCUT2D eigenvalue weighted by molar-refractivity contribution is 0.00606. The number of thiophene rings is 1. The normalized spacial score (nSPS) is 16.6. The number of aryl methyl sites for hydroxylation is 1. The Morgan fingerprint density at radius 1 is 1.50 bits per heavy atom. The summed E-state index contributed by atoms with van der Waals surface area (Å²) in [5, 5.41) is 16.3. The van der Waals surface area contributed by atoms with Crippen molar-refractivity contribution in [3.05, 3.63) is 38.7 Å². The molecule has 1 atom stereocenters. The van der Waals surface area contributed by atoms with Crippen LogP contribution in [0.2, 0.25) is 0 Å². The predicted molar refractivity (Wildman–Crippen MR) is 82.7 cm³/mol. The quantitative estimate of drug-likeness (QED) is 0.812. The summed E-state index contributed by atoms with van der Waals surface area (Å²) in [6.45, 7) is 3.30. The number of hydrogen-bond donors (Lipinski definition) is 1. The van der Waals surface area contributed by atoms with E-state index < -0.39 is 6.10 Å². The maximum atomic E-state index is 11.8. The molecule has 0 radical (unpaired) electrons. The van der Waals surface area contributed by atoms with E-state index in [2.05, 4.69) is 10.00 Å². The zero-order chi connectivity index (χ0) is 15.5. The summed E-state index contributed by atoms with van der Waals surface area (Å²) in [7, 11) is 1.66.